The van der Waals surface area contributed by atoms with Crippen molar-refractivity contribution in [2.75, 3.05) is 13.1 Å². The summed E-state index contributed by atoms with van der Waals surface area (Å²) >= 11 is 0. The van der Waals surface area contributed by atoms with Crippen LogP contribution in [-0.4, -0.2) is 58.4 Å². The van der Waals surface area contributed by atoms with Gasteiger partial charge in [-0.2, -0.15) is 0 Å². The van der Waals surface area contributed by atoms with Crippen LogP contribution in [0.4, 0.5) is 0 Å². The first-order valence-electron chi connectivity index (χ1n) is 8.62. The quantitative estimate of drug-likeness (QED) is 0.241. The Balaban J connectivity index is 0. The minimum atomic E-state index is -0.979. The average Bonchev–Trinajstić information content (AvgIpc) is 2.54. The number of unbranched alkanes of at least 4 members (excludes halogenated alkanes) is 3. The summed E-state index contributed by atoms with van der Waals surface area (Å²) in [5, 5.41) is 28.4. The minimum absolute atomic E-state index is 0.113. The van der Waals surface area contributed by atoms with Crippen molar-refractivity contribution in [3.05, 3.63) is 0 Å². The Hall–Kier alpha value is -1.71. The second-order valence-corrected chi connectivity index (χ2v) is 5.71. The van der Waals surface area contributed by atoms with Crippen LogP contribution in [0.3, 0.4) is 0 Å². The van der Waals surface area contributed by atoms with Gasteiger partial charge in [0.25, 0.3) is 0 Å². The van der Waals surface area contributed by atoms with E-state index in [0.717, 1.165) is 32.1 Å². The number of aliphatic carboxylic acids is 3. The van der Waals surface area contributed by atoms with Crippen molar-refractivity contribution in [2.45, 2.75) is 70.4 Å². The maximum atomic E-state index is 10.7. The van der Waals surface area contributed by atoms with Crippen LogP contribution in [0.2, 0.25) is 0 Å². The van der Waals surface area contributed by atoms with E-state index >= 15 is 0 Å². The summed E-state index contributed by atoms with van der Waals surface area (Å²) in [5.41, 5.74) is 10.4. The predicted molar refractivity (Wildman–Crippen MR) is 94.3 cm³/mol. The molecule has 9 heteroatoms. The lowest BCUT2D eigenvalue weighted by Gasteiger charge is -2.12. The van der Waals surface area contributed by atoms with Gasteiger partial charge in [0.15, 0.2) is 0 Å². The van der Waals surface area contributed by atoms with Crippen LogP contribution in [0.5, 0.6) is 0 Å². The maximum absolute atomic E-state index is 10.7. The molecular formula is C16H33N3O6. The smallest absolute Gasteiger partial charge is 0.320 e. The Morgan fingerprint density at radius 2 is 1.60 bits per heavy atom. The second-order valence-electron chi connectivity index (χ2n) is 5.71. The van der Waals surface area contributed by atoms with Gasteiger partial charge in [-0.05, 0) is 38.8 Å². The molecule has 0 aromatic rings. The summed E-state index contributed by atoms with van der Waals surface area (Å²) in [5.74, 6) is -2.87. The first-order chi connectivity index (χ1) is 11.8. The highest BCUT2D eigenvalue weighted by Crippen LogP contribution is 1.99. The molecule has 0 amide bonds. The topological polar surface area (TPSA) is 176 Å². The summed E-state index contributed by atoms with van der Waals surface area (Å²) in [4.78, 5) is 31.1. The zero-order valence-electron chi connectivity index (χ0n) is 14.9. The van der Waals surface area contributed by atoms with E-state index in [1.165, 1.54) is 0 Å². The largest absolute Gasteiger partial charge is 0.481 e. The number of nitrogens with two attached hydrogens (primary N) is 2. The monoisotopic (exact) mass is 363 g/mol. The van der Waals surface area contributed by atoms with Crippen LogP contribution >= 0.6 is 0 Å². The first kappa shape index (κ1) is 25.5. The van der Waals surface area contributed by atoms with Crippen LogP contribution < -0.4 is 16.8 Å². The highest BCUT2D eigenvalue weighted by Gasteiger charge is 2.17. The molecule has 2 unspecified atom stereocenters. The van der Waals surface area contributed by atoms with Crippen LogP contribution in [0, 0.1) is 0 Å². The van der Waals surface area contributed by atoms with Crippen molar-refractivity contribution in [3.63, 3.8) is 0 Å². The van der Waals surface area contributed by atoms with E-state index in [-0.39, 0.29) is 12.8 Å². The van der Waals surface area contributed by atoms with Gasteiger partial charge in [-0.1, -0.05) is 26.2 Å². The second kappa shape index (κ2) is 17.1. The van der Waals surface area contributed by atoms with Gasteiger partial charge in [-0.25, -0.2) is 0 Å². The van der Waals surface area contributed by atoms with Gasteiger partial charge in [-0.3, -0.25) is 14.4 Å². The third-order valence-electron chi connectivity index (χ3n) is 3.40. The molecule has 0 saturated carbocycles. The van der Waals surface area contributed by atoms with E-state index < -0.39 is 30.0 Å². The molecule has 8 N–H and O–H groups in total. The first-order valence-corrected chi connectivity index (χ1v) is 8.62. The lowest BCUT2D eigenvalue weighted by molar-refractivity contribution is -0.141. The molecule has 0 aliphatic rings. The zero-order chi connectivity index (χ0) is 19.7. The van der Waals surface area contributed by atoms with E-state index in [9.17, 15) is 14.4 Å². The Labute approximate surface area is 148 Å². The van der Waals surface area contributed by atoms with Crippen LogP contribution in [0.25, 0.3) is 0 Å². The summed E-state index contributed by atoms with van der Waals surface area (Å²) in [6, 6.07) is -1.45. The highest BCUT2D eigenvalue weighted by molar-refractivity contribution is 5.75. The third kappa shape index (κ3) is 18.5. The SMILES string of the molecule is CCCCCNC(CCC(=O)O)C(=O)O.NCCCCC(N)C(=O)O. The van der Waals surface area contributed by atoms with Crippen LogP contribution in [0.15, 0.2) is 0 Å². The van der Waals surface area contributed by atoms with E-state index in [2.05, 4.69) is 12.2 Å². The lowest BCUT2D eigenvalue weighted by Crippen LogP contribution is -2.37. The molecule has 0 radical (unpaired) electrons. The molecule has 25 heavy (non-hydrogen) atoms. The minimum Gasteiger partial charge on any atom is -0.481 e. The zero-order valence-corrected chi connectivity index (χ0v) is 14.9. The highest BCUT2D eigenvalue weighted by atomic mass is 16.4. The van der Waals surface area contributed by atoms with Gasteiger partial charge in [-0.15, -0.1) is 0 Å². The van der Waals surface area contributed by atoms with Crippen molar-refractivity contribution in [2.24, 2.45) is 11.5 Å². The van der Waals surface area contributed by atoms with Crippen molar-refractivity contribution in [1.29, 1.82) is 0 Å². The lowest BCUT2D eigenvalue weighted by atomic mass is 10.1. The molecule has 0 aromatic carbocycles. The number of nitrogens with one attached hydrogen (secondary N) is 1. The van der Waals surface area contributed by atoms with Gasteiger partial charge in [0.05, 0.1) is 0 Å². The standard InChI is InChI=1S/C10H19NO4.C6H14N2O2/c1-2-3-4-7-11-8(10(14)15)5-6-9(12)13;7-4-2-1-3-5(8)6(9)10/h8,11H,2-7H2,1H3,(H,12,13)(H,14,15);5H,1-4,7-8H2,(H,9,10). The van der Waals surface area contributed by atoms with Gasteiger partial charge in [0.1, 0.15) is 12.1 Å². The summed E-state index contributed by atoms with van der Waals surface area (Å²) in [7, 11) is 0. The number of carbonyl (C=O) groups is 3. The molecule has 0 aromatic heterocycles. The summed E-state index contributed by atoms with van der Waals surface area (Å²) < 4.78 is 0. The van der Waals surface area contributed by atoms with E-state index in [4.69, 9.17) is 26.8 Å². The molecule has 0 spiro atoms. The van der Waals surface area contributed by atoms with Gasteiger partial charge >= 0.3 is 17.9 Å². The fraction of sp³-hybridized carbons (Fsp3) is 0.812. The Kier molecular flexibility index (Phi) is 17.5. The van der Waals surface area contributed by atoms with Crippen molar-refractivity contribution in [1.82, 2.24) is 5.32 Å². The molecule has 0 fully saturated rings. The number of carboxylic acid groups (broad SMARTS) is 3. The van der Waals surface area contributed by atoms with Gasteiger partial charge in [0, 0.05) is 6.42 Å². The molecule has 0 heterocycles. The molecule has 0 rings (SSSR count). The summed E-state index contributed by atoms with van der Waals surface area (Å²) in [6.07, 6.45) is 5.24. The van der Waals surface area contributed by atoms with Crippen molar-refractivity contribution < 1.29 is 29.7 Å². The Morgan fingerprint density at radius 1 is 0.960 bits per heavy atom. The number of rotatable bonds is 14. The van der Waals surface area contributed by atoms with Crippen LogP contribution in [-0.2, 0) is 14.4 Å². The van der Waals surface area contributed by atoms with Crippen LogP contribution in [0.1, 0.15) is 58.3 Å². The fourth-order valence-electron chi connectivity index (χ4n) is 1.86. The van der Waals surface area contributed by atoms with E-state index in [1.807, 2.05) is 0 Å². The van der Waals surface area contributed by atoms with Crippen molar-refractivity contribution in [3.8, 4) is 0 Å². The molecule has 0 aliphatic carbocycles. The molecule has 2 atom stereocenters. The molecule has 0 saturated heterocycles. The fourth-order valence-corrected chi connectivity index (χ4v) is 1.86. The third-order valence-corrected chi connectivity index (χ3v) is 3.40. The molecule has 0 bridgehead atoms. The average molecular weight is 363 g/mol. The van der Waals surface area contributed by atoms with Gasteiger partial charge < -0.3 is 32.1 Å². The Morgan fingerprint density at radius 3 is 2.04 bits per heavy atom. The number of carboxylic acids is 3. The molecule has 0 aliphatic heterocycles. The summed E-state index contributed by atoms with van der Waals surface area (Å²) in [6.45, 7) is 3.30. The molecule has 148 valence electrons. The predicted octanol–water partition coefficient (Wildman–Crippen LogP) is 0.612. The van der Waals surface area contributed by atoms with Gasteiger partial charge in [0.2, 0.25) is 0 Å². The molecular weight excluding hydrogens is 330 g/mol. The van der Waals surface area contributed by atoms with E-state index in [1.54, 1.807) is 0 Å². The normalized spacial score (nSPS) is 12.6. The van der Waals surface area contributed by atoms with Crippen molar-refractivity contribution >= 4 is 17.9 Å². The maximum Gasteiger partial charge on any atom is 0.320 e. The Bertz CT molecular complexity index is 379. The van der Waals surface area contributed by atoms with E-state index in [0.29, 0.717) is 19.5 Å². The molecule has 9 nitrogen and oxygen atoms in total. The number of hydrogen-bond donors (Lipinski definition) is 6. The number of hydrogen-bond acceptors (Lipinski definition) is 6.